The molecule has 2 aromatic carbocycles. The number of benzene rings is 2. The number of ether oxygens (including phenoxy) is 1. The molecule has 1 saturated heterocycles. The van der Waals surface area contributed by atoms with Crippen LogP contribution in [0.1, 0.15) is 16.1 Å². The average Bonchev–Trinajstić information content (AvgIpc) is 3.27. The molecule has 0 bridgehead atoms. The summed E-state index contributed by atoms with van der Waals surface area (Å²) in [5.74, 6) is 0.548. The van der Waals surface area contributed by atoms with Crippen molar-refractivity contribution < 1.29 is 9.53 Å². The smallest absolute Gasteiger partial charge is 0.266 e. The van der Waals surface area contributed by atoms with Crippen LogP contribution in [-0.2, 0) is 11.4 Å². The highest BCUT2D eigenvalue weighted by molar-refractivity contribution is 8.18. The Bertz CT molecular complexity index is 1160. The summed E-state index contributed by atoms with van der Waals surface area (Å²) in [4.78, 5) is 19.2. The fraction of sp³-hybridized carbons (Fsp3) is 0.143. The lowest BCUT2D eigenvalue weighted by molar-refractivity contribution is -0.121. The monoisotopic (exact) mass is 456 g/mol. The second-order valence-electron chi connectivity index (χ2n) is 6.39. The number of aromatic nitrogens is 2. The van der Waals surface area contributed by atoms with E-state index in [2.05, 4.69) is 15.2 Å². The fourth-order valence-electron chi connectivity index (χ4n) is 2.71. The molecule has 4 rings (SSSR count). The molecule has 0 spiro atoms. The number of aryl methyl sites for hydroxylation is 1. The molecule has 1 aromatic heterocycles. The molecule has 0 aliphatic carbocycles. The van der Waals surface area contributed by atoms with Crippen molar-refractivity contribution >= 4 is 57.0 Å². The molecule has 1 fully saturated rings. The second kappa shape index (κ2) is 8.99. The van der Waals surface area contributed by atoms with Gasteiger partial charge in [-0.2, -0.15) is 4.99 Å². The number of hydrogen-bond donors (Lipinski definition) is 0. The molecule has 0 N–H and O–H groups in total. The van der Waals surface area contributed by atoms with Gasteiger partial charge in [-0.1, -0.05) is 59.3 Å². The van der Waals surface area contributed by atoms with Gasteiger partial charge in [0.25, 0.3) is 5.91 Å². The van der Waals surface area contributed by atoms with Crippen LogP contribution in [0.2, 0.25) is 5.02 Å². The highest BCUT2D eigenvalue weighted by Crippen LogP contribution is 2.35. The normalized spacial score (nSPS) is 16.6. The molecular formula is C21H17ClN4O2S2. The number of amides is 1. The minimum Gasteiger partial charge on any atom is -0.488 e. The van der Waals surface area contributed by atoms with Crippen LogP contribution in [0.15, 0.2) is 58.4 Å². The van der Waals surface area contributed by atoms with E-state index in [4.69, 9.17) is 16.3 Å². The predicted octanol–water partition coefficient (Wildman–Crippen LogP) is 5.31. The van der Waals surface area contributed by atoms with Crippen LogP contribution in [0, 0.1) is 6.92 Å². The van der Waals surface area contributed by atoms with Gasteiger partial charge in [-0.15, -0.1) is 10.2 Å². The van der Waals surface area contributed by atoms with Crippen molar-refractivity contribution in [3.63, 3.8) is 0 Å². The lowest BCUT2D eigenvalue weighted by Crippen LogP contribution is -2.23. The van der Waals surface area contributed by atoms with Gasteiger partial charge in [-0.05, 0) is 36.9 Å². The summed E-state index contributed by atoms with van der Waals surface area (Å²) in [5.41, 5.74) is 1.70. The van der Waals surface area contributed by atoms with Crippen molar-refractivity contribution in [2.45, 2.75) is 13.5 Å². The molecule has 1 aliphatic heterocycles. The number of hydrogen-bond acceptors (Lipinski definition) is 7. The van der Waals surface area contributed by atoms with Crippen molar-refractivity contribution in [1.82, 2.24) is 15.1 Å². The number of halogens is 1. The third-order valence-electron chi connectivity index (χ3n) is 4.26. The van der Waals surface area contributed by atoms with Crippen molar-refractivity contribution in [3.05, 3.63) is 74.6 Å². The van der Waals surface area contributed by atoms with Gasteiger partial charge in [0, 0.05) is 23.2 Å². The first kappa shape index (κ1) is 20.6. The number of carbonyl (C=O) groups excluding carboxylic acids is 1. The second-order valence-corrected chi connectivity index (χ2v) is 8.97. The number of amidine groups is 1. The lowest BCUT2D eigenvalue weighted by atomic mass is 10.1. The van der Waals surface area contributed by atoms with Gasteiger partial charge in [0.2, 0.25) is 5.13 Å². The van der Waals surface area contributed by atoms with Crippen molar-refractivity contribution in [3.8, 4) is 5.75 Å². The van der Waals surface area contributed by atoms with Crippen LogP contribution in [0.25, 0.3) is 6.08 Å². The summed E-state index contributed by atoms with van der Waals surface area (Å²) in [6.45, 7) is 2.20. The summed E-state index contributed by atoms with van der Waals surface area (Å²) < 4.78 is 5.99. The van der Waals surface area contributed by atoms with Gasteiger partial charge in [-0.3, -0.25) is 9.69 Å². The third-order valence-corrected chi connectivity index (χ3v) is 6.42. The van der Waals surface area contributed by atoms with E-state index < -0.39 is 0 Å². The maximum absolute atomic E-state index is 12.7. The van der Waals surface area contributed by atoms with E-state index in [0.29, 0.717) is 32.6 Å². The highest BCUT2D eigenvalue weighted by Gasteiger charge is 2.31. The van der Waals surface area contributed by atoms with E-state index >= 15 is 0 Å². The highest BCUT2D eigenvalue weighted by atomic mass is 35.5. The van der Waals surface area contributed by atoms with Gasteiger partial charge in [0.15, 0.2) is 5.17 Å². The molecule has 0 unspecified atom stereocenters. The molecule has 0 saturated carbocycles. The SMILES string of the molecule is Cc1nnc(/N=C2/S/C(=C\c3ccccc3OCc3ccccc3Cl)C(=O)N2C)s1. The summed E-state index contributed by atoms with van der Waals surface area (Å²) in [6.07, 6.45) is 1.82. The van der Waals surface area contributed by atoms with Crippen molar-refractivity contribution in [1.29, 1.82) is 0 Å². The van der Waals surface area contributed by atoms with E-state index in [-0.39, 0.29) is 5.91 Å². The number of aliphatic imine (C=N–C) groups is 1. The Balaban J connectivity index is 1.57. The topological polar surface area (TPSA) is 67.7 Å². The summed E-state index contributed by atoms with van der Waals surface area (Å²) in [5, 5.41) is 10.5. The van der Waals surface area contributed by atoms with Crippen molar-refractivity contribution in [2.75, 3.05) is 7.05 Å². The number of para-hydroxylation sites is 1. The summed E-state index contributed by atoms with van der Waals surface area (Å²) in [7, 11) is 1.70. The molecule has 1 amide bonds. The number of rotatable bonds is 5. The van der Waals surface area contributed by atoms with E-state index in [1.165, 1.54) is 28.0 Å². The molecule has 2 heterocycles. The van der Waals surface area contributed by atoms with Crippen molar-refractivity contribution in [2.24, 2.45) is 4.99 Å². The van der Waals surface area contributed by atoms with Crippen LogP contribution in [0.3, 0.4) is 0 Å². The maximum atomic E-state index is 12.7. The third kappa shape index (κ3) is 4.56. The van der Waals surface area contributed by atoms with E-state index in [1.54, 1.807) is 7.05 Å². The van der Waals surface area contributed by atoms with Gasteiger partial charge >= 0.3 is 0 Å². The van der Waals surface area contributed by atoms with Crippen LogP contribution >= 0.6 is 34.7 Å². The molecule has 0 atom stereocenters. The Morgan fingerprint density at radius 2 is 1.93 bits per heavy atom. The van der Waals surface area contributed by atoms with E-state index in [1.807, 2.05) is 61.5 Å². The summed E-state index contributed by atoms with van der Waals surface area (Å²) in [6, 6.07) is 15.1. The molecule has 30 heavy (non-hydrogen) atoms. The largest absolute Gasteiger partial charge is 0.488 e. The fourth-order valence-corrected chi connectivity index (χ4v) is 4.47. The lowest BCUT2D eigenvalue weighted by Gasteiger charge is -2.10. The minimum atomic E-state index is -0.124. The summed E-state index contributed by atoms with van der Waals surface area (Å²) >= 11 is 8.90. The first-order valence-electron chi connectivity index (χ1n) is 9.03. The molecule has 6 nitrogen and oxygen atoms in total. The van der Waals surface area contributed by atoms with E-state index in [9.17, 15) is 4.79 Å². The maximum Gasteiger partial charge on any atom is 0.266 e. The van der Waals surface area contributed by atoms with Crippen LogP contribution < -0.4 is 4.74 Å². The number of nitrogens with zero attached hydrogens (tertiary/aromatic N) is 4. The van der Waals surface area contributed by atoms with Crippen LogP contribution in [0.4, 0.5) is 5.13 Å². The van der Waals surface area contributed by atoms with Gasteiger partial charge < -0.3 is 4.74 Å². The molecule has 152 valence electrons. The van der Waals surface area contributed by atoms with Gasteiger partial charge in [0.1, 0.15) is 17.4 Å². The zero-order chi connectivity index (χ0) is 21.1. The number of likely N-dealkylation sites (N-methyl/N-ethyl adjacent to an activating group) is 1. The standard InChI is InChI=1S/C21H17ClN4O2S2/c1-13-24-25-20(29-13)23-21-26(2)19(27)18(30-21)11-14-7-4-6-10-17(14)28-12-15-8-3-5-9-16(15)22/h3-11H,12H2,1-2H3/b18-11-,23-21+. The predicted molar refractivity (Wildman–Crippen MR) is 122 cm³/mol. The Morgan fingerprint density at radius 1 is 1.17 bits per heavy atom. The molecular weight excluding hydrogens is 440 g/mol. The van der Waals surface area contributed by atoms with E-state index in [0.717, 1.165) is 16.1 Å². The first-order valence-corrected chi connectivity index (χ1v) is 11.0. The van der Waals surface area contributed by atoms with Crippen LogP contribution in [0.5, 0.6) is 5.75 Å². The zero-order valence-electron chi connectivity index (χ0n) is 16.2. The first-order chi connectivity index (χ1) is 14.5. The number of thioether (sulfide) groups is 1. The Labute approximate surface area is 187 Å². The van der Waals surface area contributed by atoms with Crippen LogP contribution in [-0.4, -0.2) is 33.2 Å². The Hall–Kier alpha value is -2.68. The Morgan fingerprint density at radius 3 is 2.70 bits per heavy atom. The molecule has 0 radical (unpaired) electrons. The Kier molecular flexibility index (Phi) is 6.17. The zero-order valence-corrected chi connectivity index (χ0v) is 18.6. The average molecular weight is 457 g/mol. The van der Waals surface area contributed by atoms with Gasteiger partial charge in [-0.25, -0.2) is 0 Å². The molecule has 1 aliphatic rings. The molecule has 3 aromatic rings. The minimum absolute atomic E-state index is 0.124. The van der Waals surface area contributed by atoms with Gasteiger partial charge in [0.05, 0.1) is 4.91 Å². The molecule has 9 heteroatoms. The quantitative estimate of drug-likeness (QED) is 0.486. The number of carbonyl (C=O) groups is 1.